The Morgan fingerprint density at radius 1 is 1.42 bits per heavy atom. The maximum absolute atomic E-state index is 12.1. The zero-order valence-electron chi connectivity index (χ0n) is 10.6. The van der Waals surface area contributed by atoms with Crippen molar-refractivity contribution in [3.8, 4) is 0 Å². The van der Waals surface area contributed by atoms with Crippen LogP contribution in [0.15, 0.2) is 15.9 Å². The molecule has 0 aliphatic carbocycles. The molecular weight excluding hydrogens is 328 g/mol. The van der Waals surface area contributed by atoms with Crippen LogP contribution in [0.2, 0.25) is 0 Å². The lowest BCUT2D eigenvalue weighted by molar-refractivity contribution is -0.119. The van der Waals surface area contributed by atoms with Crippen LogP contribution in [-0.4, -0.2) is 36.2 Å². The molecule has 1 aromatic rings. The van der Waals surface area contributed by atoms with E-state index in [4.69, 9.17) is 5.73 Å². The van der Waals surface area contributed by atoms with Gasteiger partial charge in [-0.25, -0.2) is 0 Å². The van der Waals surface area contributed by atoms with E-state index in [9.17, 15) is 9.59 Å². The Bertz CT molecular complexity index is 467. The number of primary amides is 1. The summed E-state index contributed by atoms with van der Waals surface area (Å²) < 4.78 is 0.881. The summed E-state index contributed by atoms with van der Waals surface area (Å²) in [6, 6.07) is 1.90. The Hall–Kier alpha value is -0.720. The van der Waals surface area contributed by atoms with Crippen molar-refractivity contribution >= 4 is 39.0 Å². The average Bonchev–Trinajstić information content (AvgIpc) is 2.77. The normalized spacial score (nSPS) is 17.5. The van der Waals surface area contributed by atoms with Gasteiger partial charge in [-0.3, -0.25) is 14.5 Å². The number of amides is 1. The minimum absolute atomic E-state index is 0.162. The van der Waals surface area contributed by atoms with Crippen LogP contribution < -0.4 is 5.73 Å². The van der Waals surface area contributed by atoms with Crippen LogP contribution >= 0.6 is 27.3 Å². The van der Waals surface area contributed by atoms with E-state index in [1.807, 2.05) is 11.4 Å². The third-order valence-electron chi connectivity index (χ3n) is 3.43. The number of ketones is 1. The molecule has 1 aliphatic heterocycles. The van der Waals surface area contributed by atoms with E-state index in [2.05, 4.69) is 20.8 Å². The van der Waals surface area contributed by atoms with Gasteiger partial charge in [0.05, 0.1) is 11.4 Å². The van der Waals surface area contributed by atoms with Crippen molar-refractivity contribution in [2.45, 2.75) is 19.3 Å². The van der Waals surface area contributed by atoms with Gasteiger partial charge in [0, 0.05) is 10.9 Å². The molecule has 1 amide bonds. The molecule has 2 heterocycles. The maximum atomic E-state index is 12.1. The number of nitrogens with two attached hydrogens (primary N) is 1. The smallest absolute Gasteiger partial charge is 0.217 e. The molecule has 0 atom stereocenters. The second-order valence-corrected chi connectivity index (χ2v) is 6.68. The van der Waals surface area contributed by atoms with Gasteiger partial charge < -0.3 is 5.73 Å². The van der Waals surface area contributed by atoms with E-state index < -0.39 is 0 Å². The summed E-state index contributed by atoms with van der Waals surface area (Å²) in [4.78, 5) is 25.9. The number of hydrogen-bond donors (Lipinski definition) is 1. The van der Waals surface area contributed by atoms with Crippen molar-refractivity contribution in [1.82, 2.24) is 4.90 Å². The minimum atomic E-state index is -0.225. The van der Waals surface area contributed by atoms with E-state index >= 15 is 0 Å². The molecule has 1 aliphatic rings. The van der Waals surface area contributed by atoms with Gasteiger partial charge in [0.25, 0.3) is 0 Å². The van der Waals surface area contributed by atoms with Crippen LogP contribution in [0, 0.1) is 5.92 Å². The predicted molar refractivity (Wildman–Crippen MR) is 79.3 cm³/mol. The molecule has 1 aromatic heterocycles. The number of carbonyl (C=O) groups excluding carboxylic acids is 2. The van der Waals surface area contributed by atoms with Crippen molar-refractivity contribution in [3.63, 3.8) is 0 Å². The number of Topliss-reactive ketones (excluding diaryl/α,β-unsaturated/α-hetero) is 1. The van der Waals surface area contributed by atoms with Gasteiger partial charge in [0.2, 0.25) is 5.91 Å². The number of thiophene rings is 1. The molecule has 0 bridgehead atoms. The molecule has 1 fully saturated rings. The molecule has 104 valence electrons. The van der Waals surface area contributed by atoms with Crippen molar-refractivity contribution < 1.29 is 9.59 Å². The summed E-state index contributed by atoms with van der Waals surface area (Å²) in [5, 5.41) is 1.91. The number of piperidine rings is 1. The van der Waals surface area contributed by atoms with Gasteiger partial charge in [0.1, 0.15) is 0 Å². The Labute approximate surface area is 125 Å². The Morgan fingerprint density at radius 2 is 2.11 bits per heavy atom. The Morgan fingerprint density at radius 3 is 2.63 bits per heavy atom. The fraction of sp³-hybridized carbons (Fsp3) is 0.538. The van der Waals surface area contributed by atoms with Gasteiger partial charge in [-0.2, -0.15) is 0 Å². The maximum Gasteiger partial charge on any atom is 0.217 e. The first-order valence-corrected chi connectivity index (χ1v) is 8.00. The summed E-state index contributed by atoms with van der Waals surface area (Å²) in [7, 11) is 0. The SMILES string of the molecule is NC(=O)CC1CCN(CC(=O)c2sccc2Br)CC1. The first-order chi connectivity index (χ1) is 9.06. The van der Waals surface area contributed by atoms with Crippen molar-refractivity contribution in [1.29, 1.82) is 0 Å². The van der Waals surface area contributed by atoms with E-state index in [0.29, 0.717) is 18.9 Å². The standard InChI is InChI=1S/C13H17BrN2O2S/c14-10-3-6-19-13(10)11(17)8-16-4-1-9(2-5-16)7-12(15)18/h3,6,9H,1-2,4-5,7-8H2,(H2,15,18). The highest BCUT2D eigenvalue weighted by Gasteiger charge is 2.23. The van der Waals surface area contributed by atoms with Crippen LogP contribution in [0.1, 0.15) is 28.9 Å². The highest BCUT2D eigenvalue weighted by Crippen LogP contribution is 2.25. The zero-order valence-corrected chi connectivity index (χ0v) is 13.0. The van der Waals surface area contributed by atoms with Gasteiger partial charge in [-0.15, -0.1) is 11.3 Å². The molecule has 2 rings (SSSR count). The monoisotopic (exact) mass is 344 g/mol. The van der Waals surface area contributed by atoms with E-state index in [-0.39, 0.29) is 11.7 Å². The lowest BCUT2D eigenvalue weighted by Gasteiger charge is -2.30. The Kier molecular flexibility index (Phi) is 5.13. The van der Waals surface area contributed by atoms with E-state index in [0.717, 1.165) is 35.3 Å². The van der Waals surface area contributed by atoms with Crippen LogP contribution in [0.5, 0.6) is 0 Å². The largest absolute Gasteiger partial charge is 0.370 e. The first kappa shape index (κ1) is 14.7. The zero-order chi connectivity index (χ0) is 13.8. The van der Waals surface area contributed by atoms with Crippen LogP contribution in [0.3, 0.4) is 0 Å². The summed E-state index contributed by atoms with van der Waals surface area (Å²) in [6.45, 7) is 2.20. The topological polar surface area (TPSA) is 63.4 Å². The van der Waals surface area contributed by atoms with E-state index in [1.54, 1.807) is 0 Å². The summed E-state index contributed by atoms with van der Waals surface area (Å²) >= 11 is 4.86. The van der Waals surface area contributed by atoms with Gasteiger partial charge in [0.15, 0.2) is 5.78 Å². The second-order valence-electron chi connectivity index (χ2n) is 4.91. The number of halogens is 1. The molecular formula is C13H17BrN2O2S. The highest BCUT2D eigenvalue weighted by atomic mass is 79.9. The van der Waals surface area contributed by atoms with Crippen molar-refractivity contribution in [2.24, 2.45) is 11.7 Å². The van der Waals surface area contributed by atoms with Crippen molar-refractivity contribution in [3.05, 3.63) is 20.8 Å². The summed E-state index contributed by atoms with van der Waals surface area (Å²) in [5.74, 6) is 0.324. The van der Waals surface area contributed by atoms with Crippen LogP contribution in [0.4, 0.5) is 0 Å². The lowest BCUT2D eigenvalue weighted by Crippen LogP contribution is -2.38. The molecule has 1 saturated heterocycles. The molecule has 6 heteroatoms. The fourth-order valence-electron chi connectivity index (χ4n) is 2.40. The van der Waals surface area contributed by atoms with Crippen LogP contribution in [0.25, 0.3) is 0 Å². The minimum Gasteiger partial charge on any atom is -0.370 e. The average molecular weight is 345 g/mol. The predicted octanol–water partition coefficient (Wildman–Crippen LogP) is 2.28. The summed E-state index contributed by atoms with van der Waals surface area (Å²) in [5.41, 5.74) is 5.21. The number of rotatable bonds is 5. The molecule has 19 heavy (non-hydrogen) atoms. The van der Waals surface area contributed by atoms with Crippen LogP contribution in [-0.2, 0) is 4.79 Å². The molecule has 0 aromatic carbocycles. The first-order valence-electron chi connectivity index (χ1n) is 6.33. The third-order valence-corrected chi connectivity index (χ3v) is 5.31. The molecule has 0 unspecified atom stereocenters. The molecule has 0 spiro atoms. The summed E-state index contributed by atoms with van der Waals surface area (Å²) in [6.07, 6.45) is 2.36. The Balaban J connectivity index is 1.81. The lowest BCUT2D eigenvalue weighted by atomic mass is 9.93. The molecule has 4 nitrogen and oxygen atoms in total. The fourth-order valence-corrected chi connectivity index (χ4v) is 3.93. The third kappa shape index (κ3) is 4.12. The molecule has 2 N–H and O–H groups in total. The number of nitrogens with zero attached hydrogens (tertiary/aromatic N) is 1. The quantitative estimate of drug-likeness (QED) is 0.833. The molecule has 0 radical (unpaired) electrons. The van der Waals surface area contributed by atoms with Gasteiger partial charge >= 0.3 is 0 Å². The highest BCUT2D eigenvalue weighted by molar-refractivity contribution is 9.10. The van der Waals surface area contributed by atoms with E-state index in [1.165, 1.54) is 11.3 Å². The molecule has 0 saturated carbocycles. The van der Waals surface area contributed by atoms with Gasteiger partial charge in [-0.1, -0.05) is 0 Å². The second kappa shape index (κ2) is 6.63. The van der Waals surface area contributed by atoms with Gasteiger partial charge in [-0.05, 0) is 59.2 Å². The number of likely N-dealkylation sites (tertiary alicyclic amines) is 1. The van der Waals surface area contributed by atoms with Crippen molar-refractivity contribution in [2.75, 3.05) is 19.6 Å². The number of hydrogen-bond acceptors (Lipinski definition) is 4. The number of carbonyl (C=O) groups is 2.